The van der Waals surface area contributed by atoms with Crippen molar-refractivity contribution >= 4 is 11.8 Å². The maximum atomic E-state index is 5.88. The van der Waals surface area contributed by atoms with Crippen LogP contribution in [0.3, 0.4) is 0 Å². The molecule has 1 saturated heterocycles. The zero-order chi connectivity index (χ0) is 17.2. The molecular weight excluding hydrogens is 316 g/mol. The normalized spacial score (nSPS) is 19.6. The topological polar surface area (TPSA) is 98.8 Å². The first-order valence-corrected chi connectivity index (χ1v) is 9.00. The number of aryl methyl sites for hydroxylation is 2. The van der Waals surface area contributed by atoms with Crippen LogP contribution in [0.2, 0.25) is 0 Å². The van der Waals surface area contributed by atoms with Gasteiger partial charge in [-0.15, -0.1) is 0 Å². The van der Waals surface area contributed by atoms with Crippen molar-refractivity contribution in [3.63, 3.8) is 0 Å². The van der Waals surface area contributed by atoms with E-state index in [0.29, 0.717) is 24.9 Å². The molecule has 132 valence electrons. The molecular formula is C18H24N6O. The molecule has 7 heteroatoms. The lowest BCUT2D eigenvalue weighted by molar-refractivity contribution is 0.193. The summed E-state index contributed by atoms with van der Waals surface area (Å²) >= 11 is 0. The fraction of sp³-hybridized carbons (Fsp3) is 0.556. The molecule has 0 unspecified atom stereocenters. The molecule has 7 nitrogen and oxygen atoms in total. The number of nitrogen functional groups attached to an aromatic ring is 1. The number of nitrogens with zero attached hydrogens (tertiary/aromatic N) is 4. The van der Waals surface area contributed by atoms with Crippen LogP contribution in [0.1, 0.15) is 53.7 Å². The van der Waals surface area contributed by atoms with Crippen molar-refractivity contribution in [1.29, 1.82) is 0 Å². The van der Waals surface area contributed by atoms with Crippen molar-refractivity contribution in [3.8, 4) is 0 Å². The van der Waals surface area contributed by atoms with Crippen LogP contribution in [-0.2, 0) is 24.1 Å². The minimum atomic E-state index is 0.287. The second-order valence-electron chi connectivity index (χ2n) is 6.81. The summed E-state index contributed by atoms with van der Waals surface area (Å²) in [6.07, 6.45) is 5.58. The van der Waals surface area contributed by atoms with E-state index in [9.17, 15) is 0 Å². The molecule has 3 N–H and O–H groups in total. The standard InChI is InChI=1S/C18H24N6O/c1-11-13-4-2-3-5-14(13)22-17(21-11)9-20-16-8-15(23-18(19)24-16)12-6-7-25-10-12/h8,12H,2-7,9-10H2,1H3,(H3,19,20,23,24)/t12-/m1/s1. The summed E-state index contributed by atoms with van der Waals surface area (Å²) in [7, 11) is 0. The molecule has 1 aliphatic carbocycles. The number of nitrogens with two attached hydrogens (primary N) is 1. The molecule has 2 aromatic heterocycles. The molecule has 2 aromatic rings. The smallest absolute Gasteiger partial charge is 0.222 e. The van der Waals surface area contributed by atoms with E-state index < -0.39 is 0 Å². The van der Waals surface area contributed by atoms with Crippen molar-refractivity contribution in [2.24, 2.45) is 0 Å². The highest BCUT2D eigenvalue weighted by Crippen LogP contribution is 2.26. The Labute approximate surface area is 147 Å². The highest BCUT2D eigenvalue weighted by molar-refractivity contribution is 5.42. The SMILES string of the molecule is Cc1nc(CNc2cc([C@@H]3CCOC3)nc(N)n2)nc2c1CCCC2. The number of nitrogens with one attached hydrogen (secondary N) is 1. The van der Waals surface area contributed by atoms with Gasteiger partial charge in [0.15, 0.2) is 0 Å². The quantitative estimate of drug-likeness (QED) is 0.880. The van der Waals surface area contributed by atoms with Crippen molar-refractivity contribution in [2.75, 3.05) is 24.3 Å². The fourth-order valence-electron chi connectivity index (χ4n) is 3.65. The first-order chi connectivity index (χ1) is 12.2. The molecule has 0 radical (unpaired) electrons. The predicted octanol–water partition coefficient (Wildman–Crippen LogP) is 2.15. The molecule has 4 rings (SSSR count). The van der Waals surface area contributed by atoms with Gasteiger partial charge < -0.3 is 15.8 Å². The number of hydrogen-bond acceptors (Lipinski definition) is 7. The number of fused-ring (bicyclic) bond motifs is 1. The average molecular weight is 340 g/mol. The molecule has 25 heavy (non-hydrogen) atoms. The molecule has 0 saturated carbocycles. The summed E-state index contributed by atoms with van der Waals surface area (Å²) in [4.78, 5) is 18.0. The summed E-state index contributed by atoms with van der Waals surface area (Å²) in [5.41, 5.74) is 10.5. The van der Waals surface area contributed by atoms with Gasteiger partial charge in [-0.2, -0.15) is 4.98 Å². The van der Waals surface area contributed by atoms with Gasteiger partial charge in [0.25, 0.3) is 0 Å². The lowest BCUT2D eigenvalue weighted by atomic mass is 9.95. The van der Waals surface area contributed by atoms with E-state index in [1.165, 1.54) is 24.1 Å². The molecule has 2 aliphatic rings. The summed E-state index contributed by atoms with van der Waals surface area (Å²) in [6, 6.07) is 1.96. The average Bonchev–Trinajstić information content (AvgIpc) is 3.14. The highest BCUT2D eigenvalue weighted by atomic mass is 16.5. The van der Waals surface area contributed by atoms with Gasteiger partial charge in [0, 0.05) is 30.0 Å². The maximum absolute atomic E-state index is 5.88. The Morgan fingerprint density at radius 2 is 2.08 bits per heavy atom. The van der Waals surface area contributed by atoms with Crippen LogP contribution in [0.4, 0.5) is 11.8 Å². The Morgan fingerprint density at radius 3 is 2.92 bits per heavy atom. The van der Waals surface area contributed by atoms with Gasteiger partial charge in [-0.25, -0.2) is 15.0 Å². The molecule has 3 heterocycles. The first kappa shape index (κ1) is 16.2. The molecule has 1 atom stereocenters. The molecule has 0 bridgehead atoms. The summed E-state index contributed by atoms with van der Waals surface area (Å²) in [6.45, 7) is 4.09. The Balaban J connectivity index is 1.50. The van der Waals surface area contributed by atoms with Crippen molar-refractivity contribution < 1.29 is 4.74 Å². The molecule has 1 fully saturated rings. The highest BCUT2D eigenvalue weighted by Gasteiger charge is 2.20. The summed E-state index contributed by atoms with van der Waals surface area (Å²) in [5.74, 6) is 2.11. The van der Waals surface area contributed by atoms with Crippen LogP contribution in [0, 0.1) is 6.92 Å². The Morgan fingerprint density at radius 1 is 1.20 bits per heavy atom. The second-order valence-corrected chi connectivity index (χ2v) is 6.81. The third-order valence-corrected chi connectivity index (χ3v) is 4.98. The molecule has 1 aliphatic heterocycles. The summed E-state index contributed by atoms with van der Waals surface area (Å²) < 4.78 is 5.44. The molecule has 0 aromatic carbocycles. The Kier molecular flexibility index (Phi) is 4.48. The van der Waals surface area contributed by atoms with Gasteiger partial charge in [-0.1, -0.05) is 0 Å². The van der Waals surface area contributed by atoms with Crippen LogP contribution in [0.5, 0.6) is 0 Å². The number of anilines is 2. The monoisotopic (exact) mass is 340 g/mol. The van der Waals surface area contributed by atoms with Gasteiger partial charge in [-0.05, 0) is 44.6 Å². The lowest BCUT2D eigenvalue weighted by Crippen LogP contribution is -2.15. The van der Waals surface area contributed by atoms with E-state index in [-0.39, 0.29) is 5.95 Å². The third kappa shape index (κ3) is 3.56. The maximum Gasteiger partial charge on any atom is 0.222 e. The largest absolute Gasteiger partial charge is 0.381 e. The zero-order valence-electron chi connectivity index (χ0n) is 14.6. The van der Waals surface area contributed by atoms with E-state index >= 15 is 0 Å². The van der Waals surface area contributed by atoms with Crippen molar-refractivity contribution in [2.45, 2.75) is 51.5 Å². The van der Waals surface area contributed by atoms with Crippen LogP contribution in [0.25, 0.3) is 0 Å². The van der Waals surface area contributed by atoms with Crippen molar-refractivity contribution in [1.82, 2.24) is 19.9 Å². The predicted molar refractivity (Wildman–Crippen MR) is 95.4 cm³/mol. The van der Waals surface area contributed by atoms with Gasteiger partial charge in [-0.3, -0.25) is 0 Å². The van der Waals surface area contributed by atoms with E-state index in [1.807, 2.05) is 6.07 Å². The van der Waals surface area contributed by atoms with E-state index in [4.69, 9.17) is 15.5 Å². The van der Waals surface area contributed by atoms with E-state index in [1.54, 1.807) is 0 Å². The van der Waals surface area contributed by atoms with Crippen molar-refractivity contribution in [3.05, 3.63) is 34.5 Å². The zero-order valence-corrected chi connectivity index (χ0v) is 14.6. The minimum absolute atomic E-state index is 0.287. The Hall–Kier alpha value is -2.28. The molecule has 0 spiro atoms. The van der Waals surface area contributed by atoms with Gasteiger partial charge >= 0.3 is 0 Å². The first-order valence-electron chi connectivity index (χ1n) is 9.00. The summed E-state index contributed by atoms with van der Waals surface area (Å²) in [5, 5.41) is 3.30. The van der Waals surface area contributed by atoms with Crippen LogP contribution in [0.15, 0.2) is 6.07 Å². The fourth-order valence-corrected chi connectivity index (χ4v) is 3.65. The minimum Gasteiger partial charge on any atom is -0.381 e. The van der Waals surface area contributed by atoms with Gasteiger partial charge in [0.1, 0.15) is 11.6 Å². The van der Waals surface area contributed by atoms with E-state index in [2.05, 4.69) is 27.2 Å². The number of aromatic nitrogens is 4. The van der Waals surface area contributed by atoms with Crippen LogP contribution < -0.4 is 11.1 Å². The number of hydrogen-bond donors (Lipinski definition) is 2. The number of rotatable bonds is 4. The van der Waals surface area contributed by atoms with Crippen LogP contribution >= 0.6 is 0 Å². The second kappa shape index (κ2) is 6.92. The van der Waals surface area contributed by atoms with E-state index in [0.717, 1.165) is 43.1 Å². The lowest BCUT2D eigenvalue weighted by Gasteiger charge is -2.18. The van der Waals surface area contributed by atoms with Crippen LogP contribution in [-0.4, -0.2) is 33.1 Å². The Bertz CT molecular complexity index is 772. The van der Waals surface area contributed by atoms with Gasteiger partial charge in [0.05, 0.1) is 18.8 Å². The number of ether oxygens (including phenoxy) is 1. The third-order valence-electron chi connectivity index (χ3n) is 4.98. The van der Waals surface area contributed by atoms with Gasteiger partial charge in [0.2, 0.25) is 5.95 Å². The molecule has 0 amide bonds.